The highest BCUT2D eigenvalue weighted by Crippen LogP contribution is 2.26. The molecule has 1 amide bonds. The summed E-state index contributed by atoms with van der Waals surface area (Å²) in [7, 11) is -3.71. The normalized spacial score (nSPS) is 17.2. The summed E-state index contributed by atoms with van der Waals surface area (Å²) in [5, 5.41) is 11.8. The van der Waals surface area contributed by atoms with Gasteiger partial charge in [0.1, 0.15) is 5.84 Å². The molecule has 0 spiro atoms. The minimum Gasteiger partial charge on any atom is -0.395 e. The highest BCUT2D eigenvalue weighted by Gasteiger charge is 2.29. The molecule has 0 atom stereocenters. The molecule has 0 saturated heterocycles. The lowest BCUT2D eigenvalue weighted by molar-refractivity contribution is -0.117. The van der Waals surface area contributed by atoms with Crippen LogP contribution in [0.4, 0.5) is 5.69 Å². The molecule has 142 valence electrons. The highest BCUT2D eigenvalue weighted by atomic mass is 32.2. The van der Waals surface area contributed by atoms with Crippen LogP contribution in [-0.4, -0.2) is 62.5 Å². The van der Waals surface area contributed by atoms with Crippen molar-refractivity contribution in [2.45, 2.75) is 36.6 Å². The number of anilines is 1. The first kappa shape index (κ1) is 18.8. The molecule has 0 aromatic heterocycles. The molecule has 9 heteroatoms. The van der Waals surface area contributed by atoms with Gasteiger partial charge in [0, 0.05) is 31.2 Å². The van der Waals surface area contributed by atoms with Gasteiger partial charge in [-0.25, -0.2) is 8.42 Å². The maximum Gasteiger partial charge on any atom is 0.262 e. The summed E-state index contributed by atoms with van der Waals surface area (Å²) in [6, 6.07) is 6.51. The third-order valence-corrected chi connectivity index (χ3v) is 5.73. The van der Waals surface area contributed by atoms with E-state index < -0.39 is 10.0 Å². The quantitative estimate of drug-likeness (QED) is 0.610. The fourth-order valence-electron chi connectivity index (χ4n) is 2.92. The zero-order valence-corrected chi connectivity index (χ0v) is 15.3. The number of aliphatic hydroxyl groups excluding tert-OH is 1. The van der Waals surface area contributed by atoms with E-state index in [9.17, 15) is 13.2 Å². The Bertz CT molecular complexity index is 790. The number of hydrogen-bond acceptors (Lipinski definition) is 6. The number of carbonyl (C=O) groups excluding carboxylic acids is 1. The van der Waals surface area contributed by atoms with E-state index in [0.29, 0.717) is 37.1 Å². The van der Waals surface area contributed by atoms with Crippen molar-refractivity contribution in [1.82, 2.24) is 9.62 Å². The Morgan fingerprint density at radius 2 is 2.15 bits per heavy atom. The molecule has 3 rings (SSSR count). The summed E-state index contributed by atoms with van der Waals surface area (Å²) < 4.78 is 27.4. The van der Waals surface area contributed by atoms with Crippen molar-refractivity contribution >= 4 is 27.5 Å². The first-order chi connectivity index (χ1) is 12.5. The van der Waals surface area contributed by atoms with E-state index in [1.54, 1.807) is 12.1 Å². The van der Waals surface area contributed by atoms with Gasteiger partial charge in [0.2, 0.25) is 5.91 Å². The van der Waals surface area contributed by atoms with Gasteiger partial charge in [-0.2, -0.15) is 0 Å². The molecule has 1 heterocycles. The molecule has 1 aliphatic heterocycles. The summed E-state index contributed by atoms with van der Waals surface area (Å²) in [4.78, 5) is 18.4. The fourth-order valence-corrected chi connectivity index (χ4v) is 4.06. The van der Waals surface area contributed by atoms with Crippen molar-refractivity contribution in [2.24, 2.45) is 4.99 Å². The van der Waals surface area contributed by atoms with Crippen LogP contribution in [0.25, 0.3) is 0 Å². The zero-order chi connectivity index (χ0) is 18.6. The van der Waals surface area contributed by atoms with Gasteiger partial charge in [-0.15, -0.1) is 0 Å². The molecule has 0 unspecified atom stereocenters. The van der Waals surface area contributed by atoms with Crippen molar-refractivity contribution in [3.63, 3.8) is 0 Å². The smallest absolute Gasteiger partial charge is 0.262 e. The summed E-state index contributed by atoms with van der Waals surface area (Å²) in [5.74, 6) is 0.247. The first-order valence-corrected chi connectivity index (χ1v) is 10.3. The third-order valence-electron chi connectivity index (χ3n) is 4.35. The number of sulfonamides is 1. The lowest BCUT2D eigenvalue weighted by Crippen LogP contribution is -2.36. The van der Waals surface area contributed by atoms with Gasteiger partial charge >= 0.3 is 0 Å². The molecule has 0 bridgehead atoms. The Morgan fingerprint density at radius 1 is 1.35 bits per heavy atom. The van der Waals surface area contributed by atoms with Gasteiger partial charge < -0.3 is 10.4 Å². The van der Waals surface area contributed by atoms with Gasteiger partial charge in [-0.3, -0.25) is 19.4 Å². The lowest BCUT2D eigenvalue weighted by atomic mass is 10.3. The Hall–Kier alpha value is -1.97. The Morgan fingerprint density at radius 3 is 2.81 bits per heavy atom. The maximum absolute atomic E-state index is 12.4. The third kappa shape index (κ3) is 5.03. The zero-order valence-electron chi connectivity index (χ0n) is 14.5. The molecule has 1 fully saturated rings. The number of hydrogen-bond donors (Lipinski definition) is 3. The number of nitrogens with zero attached hydrogens (tertiary/aromatic N) is 2. The van der Waals surface area contributed by atoms with E-state index in [0.717, 1.165) is 19.3 Å². The Kier molecular flexibility index (Phi) is 5.90. The van der Waals surface area contributed by atoms with Crippen LogP contribution in [-0.2, 0) is 14.8 Å². The molecule has 1 aromatic rings. The SMILES string of the molecule is O=C(CN(CCO)C1CC1)Nc1cccc(S(=O)(=O)NC2=NCCC2)c1. The lowest BCUT2D eigenvalue weighted by Gasteiger charge is -2.20. The Balaban J connectivity index is 1.63. The number of nitrogens with one attached hydrogen (secondary N) is 2. The van der Waals surface area contributed by atoms with Crippen LogP contribution in [0.1, 0.15) is 25.7 Å². The van der Waals surface area contributed by atoms with Gasteiger partial charge in [0.05, 0.1) is 18.0 Å². The number of carbonyl (C=O) groups is 1. The number of aliphatic hydroxyl groups is 1. The average Bonchev–Trinajstić information content (AvgIpc) is 3.33. The molecule has 2 aliphatic rings. The average molecular weight is 380 g/mol. The number of aliphatic imine (C=N–C) groups is 1. The van der Waals surface area contributed by atoms with E-state index in [1.165, 1.54) is 12.1 Å². The van der Waals surface area contributed by atoms with Gasteiger partial charge in [0.15, 0.2) is 0 Å². The summed E-state index contributed by atoms with van der Waals surface area (Å²) in [5.41, 5.74) is 0.422. The number of amides is 1. The molecular weight excluding hydrogens is 356 g/mol. The second-order valence-corrected chi connectivity index (χ2v) is 8.22. The van der Waals surface area contributed by atoms with Gasteiger partial charge in [0.25, 0.3) is 10.0 Å². The second kappa shape index (κ2) is 8.15. The van der Waals surface area contributed by atoms with Crippen LogP contribution < -0.4 is 10.0 Å². The van der Waals surface area contributed by atoms with E-state index >= 15 is 0 Å². The topological polar surface area (TPSA) is 111 Å². The van der Waals surface area contributed by atoms with E-state index in [1.807, 2.05) is 4.90 Å². The predicted molar refractivity (Wildman–Crippen MR) is 98.6 cm³/mol. The van der Waals surface area contributed by atoms with Crippen molar-refractivity contribution in [3.05, 3.63) is 24.3 Å². The van der Waals surface area contributed by atoms with Crippen molar-refractivity contribution in [1.29, 1.82) is 0 Å². The standard InChI is InChI=1S/C17H24N4O4S/c22-10-9-21(14-6-7-14)12-17(23)19-13-3-1-4-15(11-13)26(24,25)20-16-5-2-8-18-16/h1,3-4,11,14,22H,2,5-10,12H2,(H,18,20)(H,19,23). The molecule has 8 nitrogen and oxygen atoms in total. The Labute approximate surface area is 153 Å². The van der Waals surface area contributed by atoms with Crippen LogP contribution >= 0.6 is 0 Å². The molecule has 26 heavy (non-hydrogen) atoms. The molecule has 1 aromatic carbocycles. The van der Waals surface area contributed by atoms with Crippen LogP contribution in [0.3, 0.4) is 0 Å². The van der Waals surface area contributed by atoms with Crippen molar-refractivity contribution < 1.29 is 18.3 Å². The van der Waals surface area contributed by atoms with Crippen LogP contribution in [0.15, 0.2) is 34.2 Å². The molecule has 0 radical (unpaired) electrons. The number of amidine groups is 1. The van der Waals surface area contributed by atoms with E-state index in [2.05, 4.69) is 15.0 Å². The van der Waals surface area contributed by atoms with E-state index in [-0.39, 0.29) is 24.0 Å². The molecule has 3 N–H and O–H groups in total. The predicted octanol–water partition coefficient (Wildman–Crippen LogP) is 0.552. The minimum absolute atomic E-state index is 0.00701. The summed E-state index contributed by atoms with van der Waals surface area (Å²) in [6.45, 7) is 1.28. The fraction of sp³-hybridized carbons (Fsp3) is 0.529. The van der Waals surface area contributed by atoms with Crippen LogP contribution in [0.2, 0.25) is 0 Å². The largest absolute Gasteiger partial charge is 0.395 e. The minimum atomic E-state index is -3.71. The van der Waals surface area contributed by atoms with Gasteiger partial charge in [-0.1, -0.05) is 6.07 Å². The summed E-state index contributed by atoms with van der Waals surface area (Å²) in [6.07, 6.45) is 3.55. The summed E-state index contributed by atoms with van der Waals surface area (Å²) >= 11 is 0. The number of benzene rings is 1. The molecule has 1 aliphatic carbocycles. The first-order valence-electron chi connectivity index (χ1n) is 8.79. The van der Waals surface area contributed by atoms with Crippen molar-refractivity contribution in [2.75, 3.05) is 31.6 Å². The maximum atomic E-state index is 12.4. The highest BCUT2D eigenvalue weighted by molar-refractivity contribution is 7.90. The van der Waals surface area contributed by atoms with Crippen LogP contribution in [0, 0.1) is 0 Å². The molecule has 1 saturated carbocycles. The number of rotatable bonds is 8. The van der Waals surface area contributed by atoms with Crippen LogP contribution in [0.5, 0.6) is 0 Å². The molecular formula is C17H24N4O4S. The van der Waals surface area contributed by atoms with Gasteiger partial charge in [-0.05, 0) is 37.5 Å². The second-order valence-electron chi connectivity index (χ2n) is 6.54. The van der Waals surface area contributed by atoms with E-state index in [4.69, 9.17) is 5.11 Å². The monoisotopic (exact) mass is 380 g/mol. The van der Waals surface area contributed by atoms with Crippen molar-refractivity contribution in [3.8, 4) is 0 Å².